The van der Waals surface area contributed by atoms with E-state index in [1.165, 1.54) is 0 Å². The number of hydrogen-bond acceptors (Lipinski definition) is 2. The highest BCUT2D eigenvalue weighted by Crippen LogP contribution is 2.28. The molecule has 0 fully saturated rings. The van der Waals surface area contributed by atoms with E-state index in [2.05, 4.69) is 6.92 Å². The number of alkyl halides is 1. The van der Waals surface area contributed by atoms with Crippen LogP contribution in [0.2, 0.25) is 0 Å². The molecule has 0 aliphatic heterocycles. The molecule has 1 aromatic rings. The predicted octanol–water partition coefficient (Wildman–Crippen LogP) is 3.22. The number of halogens is 1. The zero-order chi connectivity index (χ0) is 10.4. The van der Waals surface area contributed by atoms with Crippen molar-refractivity contribution in [2.24, 2.45) is 0 Å². The smallest absolute Gasteiger partial charge is 0.161 e. The molecule has 0 heterocycles. The van der Waals surface area contributed by atoms with E-state index in [1.54, 1.807) is 7.11 Å². The Bertz CT molecular complexity index is 287. The highest BCUT2D eigenvalue weighted by Gasteiger charge is 2.04. The molecule has 0 aliphatic carbocycles. The van der Waals surface area contributed by atoms with Crippen molar-refractivity contribution in [3.63, 3.8) is 0 Å². The second-order valence-corrected chi connectivity index (χ2v) is 3.23. The molecule has 0 bridgehead atoms. The van der Waals surface area contributed by atoms with Crippen molar-refractivity contribution >= 4 is 11.6 Å². The van der Waals surface area contributed by atoms with E-state index in [0.717, 1.165) is 23.5 Å². The van der Waals surface area contributed by atoms with Crippen LogP contribution in [0.15, 0.2) is 18.2 Å². The number of benzene rings is 1. The minimum absolute atomic E-state index is 0.490. The highest BCUT2D eigenvalue weighted by molar-refractivity contribution is 6.17. The van der Waals surface area contributed by atoms with Gasteiger partial charge in [-0.3, -0.25) is 0 Å². The van der Waals surface area contributed by atoms with E-state index in [9.17, 15) is 0 Å². The van der Waals surface area contributed by atoms with Crippen molar-refractivity contribution in [3.05, 3.63) is 23.8 Å². The molecular weight excluding hydrogens is 200 g/mol. The molecule has 0 amide bonds. The van der Waals surface area contributed by atoms with Crippen LogP contribution >= 0.6 is 11.6 Å². The maximum absolute atomic E-state index is 5.72. The molecule has 0 saturated carbocycles. The number of methoxy groups -OCH3 is 1. The van der Waals surface area contributed by atoms with E-state index >= 15 is 0 Å². The molecule has 1 aromatic carbocycles. The quantitative estimate of drug-likeness (QED) is 0.701. The predicted molar refractivity (Wildman–Crippen MR) is 58.3 cm³/mol. The van der Waals surface area contributed by atoms with Gasteiger partial charge in [-0.05, 0) is 24.1 Å². The van der Waals surface area contributed by atoms with Crippen molar-refractivity contribution in [2.75, 3.05) is 13.7 Å². The maximum Gasteiger partial charge on any atom is 0.161 e. The van der Waals surface area contributed by atoms with Crippen molar-refractivity contribution in [3.8, 4) is 11.5 Å². The SMILES string of the molecule is CCCOc1ccc(CCl)cc1OC. The highest BCUT2D eigenvalue weighted by atomic mass is 35.5. The summed E-state index contributed by atoms with van der Waals surface area (Å²) in [7, 11) is 1.63. The van der Waals surface area contributed by atoms with E-state index < -0.39 is 0 Å². The van der Waals surface area contributed by atoms with Gasteiger partial charge < -0.3 is 9.47 Å². The molecule has 0 atom stereocenters. The maximum atomic E-state index is 5.72. The molecule has 0 radical (unpaired) electrons. The molecule has 1 rings (SSSR count). The van der Waals surface area contributed by atoms with E-state index in [-0.39, 0.29) is 0 Å². The van der Waals surface area contributed by atoms with E-state index in [1.807, 2.05) is 18.2 Å². The lowest BCUT2D eigenvalue weighted by atomic mass is 10.2. The Morgan fingerprint density at radius 1 is 1.29 bits per heavy atom. The molecule has 0 aliphatic rings. The fourth-order valence-corrected chi connectivity index (χ4v) is 1.29. The summed E-state index contributed by atoms with van der Waals surface area (Å²) in [5, 5.41) is 0. The largest absolute Gasteiger partial charge is 0.493 e. The Balaban J connectivity index is 2.82. The molecule has 0 N–H and O–H groups in total. The van der Waals surface area contributed by atoms with Crippen molar-refractivity contribution in [1.29, 1.82) is 0 Å². The van der Waals surface area contributed by atoms with E-state index in [0.29, 0.717) is 12.5 Å². The van der Waals surface area contributed by atoms with Gasteiger partial charge >= 0.3 is 0 Å². The third-order valence-electron chi connectivity index (χ3n) is 1.84. The summed E-state index contributed by atoms with van der Waals surface area (Å²) < 4.78 is 10.7. The van der Waals surface area contributed by atoms with Gasteiger partial charge in [-0.25, -0.2) is 0 Å². The summed E-state index contributed by atoms with van der Waals surface area (Å²) in [5.41, 5.74) is 1.03. The van der Waals surface area contributed by atoms with Crippen LogP contribution in [-0.4, -0.2) is 13.7 Å². The molecular formula is C11H15ClO2. The monoisotopic (exact) mass is 214 g/mol. The second kappa shape index (κ2) is 5.76. The van der Waals surface area contributed by atoms with Gasteiger partial charge in [0, 0.05) is 5.88 Å². The Morgan fingerprint density at radius 3 is 2.64 bits per heavy atom. The van der Waals surface area contributed by atoms with Gasteiger partial charge in [-0.15, -0.1) is 11.6 Å². The van der Waals surface area contributed by atoms with Crippen LogP contribution in [0.25, 0.3) is 0 Å². The Hall–Kier alpha value is -0.890. The minimum atomic E-state index is 0.490. The van der Waals surface area contributed by atoms with E-state index in [4.69, 9.17) is 21.1 Å². The Kier molecular flexibility index (Phi) is 4.60. The van der Waals surface area contributed by atoms with Crippen LogP contribution in [0.5, 0.6) is 11.5 Å². The zero-order valence-electron chi connectivity index (χ0n) is 8.55. The lowest BCUT2D eigenvalue weighted by molar-refractivity contribution is 0.294. The summed E-state index contributed by atoms with van der Waals surface area (Å²) in [6, 6.07) is 5.74. The van der Waals surface area contributed by atoms with Crippen LogP contribution in [0.1, 0.15) is 18.9 Å². The van der Waals surface area contributed by atoms with Crippen molar-refractivity contribution in [1.82, 2.24) is 0 Å². The van der Waals surface area contributed by atoms with Gasteiger partial charge in [0.25, 0.3) is 0 Å². The Morgan fingerprint density at radius 2 is 2.07 bits per heavy atom. The standard InChI is InChI=1S/C11H15ClO2/c1-3-6-14-10-5-4-9(8-12)7-11(10)13-2/h4-5,7H,3,6,8H2,1-2H3. The van der Waals surface area contributed by atoms with Gasteiger partial charge in [-0.1, -0.05) is 13.0 Å². The minimum Gasteiger partial charge on any atom is -0.493 e. The molecule has 3 heteroatoms. The summed E-state index contributed by atoms with van der Waals surface area (Å²) in [6.07, 6.45) is 0.987. The van der Waals surface area contributed by atoms with Gasteiger partial charge in [0.15, 0.2) is 11.5 Å². The number of hydrogen-bond donors (Lipinski definition) is 0. The first-order valence-corrected chi connectivity index (χ1v) is 5.21. The first kappa shape index (κ1) is 11.2. The molecule has 0 aromatic heterocycles. The topological polar surface area (TPSA) is 18.5 Å². The third-order valence-corrected chi connectivity index (χ3v) is 2.15. The fourth-order valence-electron chi connectivity index (χ4n) is 1.13. The molecule has 0 unspecified atom stereocenters. The zero-order valence-corrected chi connectivity index (χ0v) is 9.30. The van der Waals surface area contributed by atoms with Crippen LogP contribution < -0.4 is 9.47 Å². The summed E-state index contributed by atoms with van der Waals surface area (Å²) in [6.45, 7) is 2.77. The summed E-state index contributed by atoms with van der Waals surface area (Å²) in [5.74, 6) is 2.02. The fraction of sp³-hybridized carbons (Fsp3) is 0.455. The average molecular weight is 215 g/mol. The third kappa shape index (κ3) is 2.81. The van der Waals surface area contributed by atoms with Gasteiger partial charge in [-0.2, -0.15) is 0 Å². The van der Waals surface area contributed by atoms with Crippen LogP contribution in [0, 0.1) is 0 Å². The van der Waals surface area contributed by atoms with Crippen LogP contribution in [0.3, 0.4) is 0 Å². The second-order valence-electron chi connectivity index (χ2n) is 2.97. The van der Waals surface area contributed by atoms with Gasteiger partial charge in [0.1, 0.15) is 0 Å². The lowest BCUT2D eigenvalue weighted by Gasteiger charge is -2.10. The summed E-state index contributed by atoms with van der Waals surface area (Å²) >= 11 is 5.72. The molecule has 2 nitrogen and oxygen atoms in total. The molecule has 0 spiro atoms. The number of ether oxygens (including phenoxy) is 2. The first-order chi connectivity index (χ1) is 6.81. The van der Waals surface area contributed by atoms with Crippen LogP contribution in [0.4, 0.5) is 0 Å². The Labute approximate surface area is 89.8 Å². The number of rotatable bonds is 5. The molecule has 78 valence electrons. The summed E-state index contributed by atoms with van der Waals surface area (Å²) in [4.78, 5) is 0. The normalized spacial score (nSPS) is 9.93. The molecule has 14 heavy (non-hydrogen) atoms. The van der Waals surface area contributed by atoms with Gasteiger partial charge in [0.05, 0.1) is 13.7 Å². The van der Waals surface area contributed by atoms with Gasteiger partial charge in [0.2, 0.25) is 0 Å². The first-order valence-electron chi connectivity index (χ1n) is 4.67. The average Bonchev–Trinajstić information content (AvgIpc) is 2.26. The molecule has 0 saturated heterocycles. The lowest BCUT2D eigenvalue weighted by Crippen LogP contribution is -1.98. The van der Waals surface area contributed by atoms with Crippen LogP contribution in [-0.2, 0) is 5.88 Å². The van der Waals surface area contributed by atoms with Crippen molar-refractivity contribution in [2.45, 2.75) is 19.2 Å². The van der Waals surface area contributed by atoms with Crippen molar-refractivity contribution < 1.29 is 9.47 Å².